The molecule has 1 atom stereocenters. The Bertz CT molecular complexity index is 353. The Morgan fingerprint density at radius 1 is 1.54 bits per heavy atom. The zero-order chi connectivity index (χ0) is 9.42. The standard InChI is InChI=1S/C9H9FN2O/c10-8-7-4-2-1-3-6(7)5-12(8)9(11)13/h1-4,8H,5H2,(H2,11,13). The lowest BCUT2D eigenvalue weighted by molar-refractivity contribution is 0.124. The van der Waals surface area contributed by atoms with E-state index in [4.69, 9.17) is 5.73 Å². The number of nitrogens with two attached hydrogens (primary N) is 1. The molecule has 0 bridgehead atoms. The molecule has 0 radical (unpaired) electrons. The van der Waals surface area contributed by atoms with Crippen LogP contribution in [-0.2, 0) is 6.54 Å². The van der Waals surface area contributed by atoms with Crippen LogP contribution in [0, 0.1) is 0 Å². The second-order valence-electron chi connectivity index (χ2n) is 3.00. The van der Waals surface area contributed by atoms with Gasteiger partial charge in [-0.25, -0.2) is 9.18 Å². The predicted octanol–water partition coefficient (Wildman–Crippen LogP) is 1.55. The van der Waals surface area contributed by atoms with E-state index in [1.54, 1.807) is 18.2 Å². The van der Waals surface area contributed by atoms with Crippen LogP contribution in [0.25, 0.3) is 0 Å². The number of hydrogen-bond donors (Lipinski definition) is 1. The van der Waals surface area contributed by atoms with E-state index in [-0.39, 0.29) is 6.54 Å². The lowest BCUT2D eigenvalue weighted by Crippen LogP contribution is -2.32. The van der Waals surface area contributed by atoms with Crippen LogP contribution in [0.5, 0.6) is 0 Å². The third-order valence-corrected chi connectivity index (χ3v) is 2.21. The summed E-state index contributed by atoms with van der Waals surface area (Å²) >= 11 is 0. The van der Waals surface area contributed by atoms with Gasteiger partial charge in [-0.3, -0.25) is 4.90 Å². The summed E-state index contributed by atoms with van der Waals surface area (Å²) in [4.78, 5) is 11.8. The number of primary amides is 1. The van der Waals surface area contributed by atoms with Gasteiger partial charge in [-0.15, -0.1) is 0 Å². The minimum absolute atomic E-state index is 0.271. The second-order valence-corrected chi connectivity index (χ2v) is 3.00. The van der Waals surface area contributed by atoms with E-state index < -0.39 is 12.3 Å². The number of benzene rings is 1. The zero-order valence-electron chi connectivity index (χ0n) is 6.90. The Balaban J connectivity index is 2.38. The van der Waals surface area contributed by atoms with Crippen LogP contribution in [0.4, 0.5) is 9.18 Å². The Morgan fingerprint density at radius 3 is 2.85 bits per heavy atom. The van der Waals surface area contributed by atoms with Gasteiger partial charge < -0.3 is 5.73 Å². The van der Waals surface area contributed by atoms with E-state index in [2.05, 4.69) is 0 Å². The van der Waals surface area contributed by atoms with Crippen molar-refractivity contribution in [2.45, 2.75) is 12.8 Å². The van der Waals surface area contributed by atoms with E-state index in [1.807, 2.05) is 6.07 Å². The van der Waals surface area contributed by atoms with Gasteiger partial charge in [-0.2, -0.15) is 0 Å². The molecule has 0 saturated carbocycles. The highest BCUT2D eigenvalue weighted by molar-refractivity contribution is 5.73. The van der Waals surface area contributed by atoms with E-state index >= 15 is 0 Å². The molecule has 2 amide bonds. The van der Waals surface area contributed by atoms with E-state index in [1.165, 1.54) is 0 Å². The first kappa shape index (κ1) is 8.04. The predicted molar refractivity (Wildman–Crippen MR) is 45.4 cm³/mol. The SMILES string of the molecule is NC(=O)N1Cc2ccccc2C1F. The van der Waals surface area contributed by atoms with Crippen molar-refractivity contribution in [3.8, 4) is 0 Å². The quantitative estimate of drug-likeness (QED) is 0.605. The molecule has 0 saturated heterocycles. The first-order chi connectivity index (χ1) is 6.20. The molecule has 1 aliphatic heterocycles. The van der Waals surface area contributed by atoms with Crippen molar-refractivity contribution in [1.82, 2.24) is 4.90 Å². The first-order valence-electron chi connectivity index (χ1n) is 3.98. The Morgan fingerprint density at radius 2 is 2.23 bits per heavy atom. The van der Waals surface area contributed by atoms with Crippen LogP contribution in [-0.4, -0.2) is 10.9 Å². The number of carbonyl (C=O) groups is 1. The fraction of sp³-hybridized carbons (Fsp3) is 0.222. The molecular formula is C9H9FN2O. The van der Waals surface area contributed by atoms with Gasteiger partial charge in [0.2, 0.25) is 6.30 Å². The van der Waals surface area contributed by atoms with Crippen LogP contribution in [0.2, 0.25) is 0 Å². The molecule has 2 N–H and O–H groups in total. The van der Waals surface area contributed by atoms with Crippen molar-refractivity contribution in [1.29, 1.82) is 0 Å². The molecule has 0 fully saturated rings. The Kier molecular flexibility index (Phi) is 1.69. The van der Waals surface area contributed by atoms with Gasteiger partial charge in [0.15, 0.2) is 0 Å². The summed E-state index contributed by atoms with van der Waals surface area (Å²) in [7, 11) is 0. The number of fused-ring (bicyclic) bond motifs is 1. The molecule has 1 heterocycles. The van der Waals surface area contributed by atoms with E-state index in [0.717, 1.165) is 10.5 Å². The molecule has 1 aromatic carbocycles. The van der Waals surface area contributed by atoms with Crippen molar-refractivity contribution in [3.63, 3.8) is 0 Å². The molecule has 1 aliphatic rings. The van der Waals surface area contributed by atoms with Gasteiger partial charge in [0.1, 0.15) is 0 Å². The number of alkyl halides is 1. The minimum atomic E-state index is -1.38. The topological polar surface area (TPSA) is 46.3 Å². The maximum absolute atomic E-state index is 13.5. The fourth-order valence-corrected chi connectivity index (χ4v) is 1.53. The molecule has 0 aliphatic carbocycles. The molecule has 4 heteroatoms. The molecule has 68 valence electrons. The largest absolute Gasteiger partial charge is 0.351 e. The summed E-state index contributed by atoms with van der Waals surface area (Å²) in [5, 5.41) is 0. The van der Waals surface area contributed by atoms with Gasteiger partial charge >= 0.3 is 6.03 Å². The molecule has 0 spiro atoms. The fourth-order valence-electron chi connectivity index (χ4n) is 1.53. The second kappa shape index (κ2) is 2.73. The lowest BCUT2D eigenvalue weighted by Gasteiger charge is -2.15. The highest BCUT2D eigenvalue weighted by atomic mass is 19.1. The highest BCUT2D eigenvalue weighted by Gasteiger charge is 2.31. The number of carbonyl (C=O) groups excluding carboxylic acids is 1. The van der Waals surface area contributed by atoms with Gasteiger partial charge in [-0.05, 0) is 5.56 Å². The summed E-state index contributed by atoms with van der Waals surface area (Å²) in [6, 6.07) is 6.31. The summed E-state index contributed by atoms with van der Waals surface area (Å²) in [6.07, 6.45) is -1.38. The van der Waals surface area contributed by atoms with Crippen LogP contribution in [0.15, 0.2) is 24.3 Å². The molecule has 2 rings (SSSR count). The monoisotopic (exact) mass is 180 g/mol. The summed E-state index contributed by atoms with van der Waals surface area (Å²) < 4.78 is 13.5. The summed E-state index contributed by atoms with van der Waals surface area (Å²) in [5.74, 6) is 0. The minimum Gasteiger partial charge on any atom is -0.351 e. The zero-order valence-corrected chi connectivity index (χ0v) is 6.90. The number of urea groups is 1. The van der Waals surface area contributed by atoms with E-state index in [0.29, 0.717) is 5.56 Å². The highest BCUT2D eigenvalue weighted by Crippen LogP contribution is 2.33. The average Bonchev–Trinajstić information content (AvgIpc) is 2.45. The third-order valence-electron chi connectivity index (χ3n) is 2.21. The molecular weight excluding hydrogens is 171 g/mol. The summed E-state index contributed by atoms with van der Waals surface area (Å²) in [6.45, 7) is 0.271. The number of amides is 2. The maximum Gasteiger partial charge on any atom is 0.317 e. The molecule has 13 heavy (non-hydrogen) atoms. The number of nitrogens with zero attached hydrogens (tertiary/aromatic N) is 1. The third kappa shape index (κ3) is 1.14. The van der Waals surface area contributed by atoms with Gasteiger partial charge in [0.05, 0.1) is 6.54 Å². The molecule has 1 unspecified atom stereocenters. The van der Waals surface area contributed by atoms with E-state index in [9.17, 15) is 9.18 Å². The van der Waals surface area contributed by atoms with Crippen molar-refractivity contribution >= 4 is 6.03 Å². The number of hydrogen-bond acceptors (Lipinski definition) is 1. The van der Waals surface area contributed by atoms with Crippen LogP contribution < -0.4 is 5.73 Å². The van der Waals surface area contributed by atoms with Gasteiger partial charge in [0.25, 0.3) is 0 Å². The van der Waals surface area contributed by atoms with Crippen LogP contribution in [0.1, 0.15) is 17.4 Å². The number of rotatable bonds is 0. The number of halogens is 1. The van der Waals surface area contributed by atoms with Crippen molar-refractivity contribution in [3.05, 3.63) is 35.4 Å². The molecule has 3 nitrogen and oxygen atoms in total. The normalized spacial score (nSPS) is 20.1. The van der Waals surface area contributed by atoms with Gasteiger partial charge in [-0.1, -0.05) is 24.3 Å². The van der Waals surface area contributed by atoms with Crippen LogP contribution >= 0.6 is 0 Å². The molecule has 0 aromatic heterocycles. The lowest BCUT2D eigenvalue weighted by atomic mass is 10.1. The average molecular weight is 180 g/mol. The van der Waals surface area contributed by atoms with Crippen LogP contribution in [0.3, 0.4) is 0 Å². The Hall–Kier alpha value is -1.58. The Labute approximate surface area is 74.9 Å². The van der Waals surface area contributed by atoms with Crippen molar-refractivity contribution in [2.75, 3.05) is 0 Å². The van der Waals surface area contributed by atoms with Crippen molar-refractivity contribution < 1.29 is 9.18 Å². The van der Waals surface area contributed by atoms with Gasteiger partial charge in [0, 0.05) is 5.56 Å². The van der Waals surface area contributed by atoms with Crippen molar-refractivity contribution in [2.24, 2.45) is 5.73 Å². The maximum atomic E-state index is 13.5. The first-order valence-corrected chi connectivity index (χ1v) is 3.98. The summed E-state index contributed by atoms with van der Waals surface area (Å²) in [5.41, 5.74) is 6.39. The smallest absolute Gasteiger partial charge is 0.317 e. The molecule has 1 aromatic rings.